The fraction of sp³-hybridized carbons (Fsp3) is 0.667. The van der Waals surface area contributed by atoms with Crippen LogP contribution in [0.1, 0.15) is 44.0 Å². The van der Waals surface area contributed by atoms with Gasteiger partial charge in [0, 0.05) is 18.4 Å². The first-order chi connectivity index (χ1) is 8.92. The molecule has 0 bridgehead atoms. The van der Waals surface area contributed by atoms with Gasteiger partial charge in [-0.25, -0.2) is 0 Å². The van der Waals surface area contributed by atoms with E-state index in [0.29, 0.717) is 12.5 Å². The Morgan fingerprint density at radius 3 is 2.89 bits per heavy atom. The van der Waals surface area contributed by atoms with E-state index in [9.17, 15) is 4.79 Å². The Hall–Kier alpha value is -1.29. The van der Waals surface area contributed by atoms with E-state index < -0.39 is 5.54 Å². The summed E-state index contributed by atoms with van der Waals surface area (Å²) in [6, 6.07) is 4.10. The van der Waals surface area contributed by atoms with Crippen molar-refractivity contribution in [3.8, 4) is 0 Å². The minimum atomic E-state index is -0.669. The predicted molar refractivity (Wildman–Crippen MR) is 76.5 cm³/mol. The molecule has 106 valence electrons. The number of aromatic nitrogens is 1. The third-order valence-corrected chi connectivity index (χ3v) is 4.39. The van der Waals surface area contributed by atoms with E-state index >= 15 is 0 Å². The van der Waals surface area contributed by atoms with Crippen molar-refractivity contribution in [3.63, 3.8) is 0 Å². The number of amides is 1. The van der Waals surface area contributed by atoms with Gasteiger partial charge in [-0.3, -0.25) is 4.79 Å². The van der Waals surface area contributed by atoms with E-state index in [1.165, 1.54) is 12.1 Å². The molecule has 1 aromatic rings. The van der Waals surface area contributed by atoms with Crippen LogP contribution in [0, 0.1) is 12.8 Å². The minimum Gasteiger partial charge on any atom is -0.350 e. The highest BCUT2D eigenvalue weighted by Gasteiger charge is 2.37. The molecule has 1 aliphatic rings. The van der Waals surface area contributed by atoms with E-state index in [1.807, 2.05) is 13.1 Å². The molecule has 1 fully saturated rings. The van der Waals surface area contributed by atoms with Crippen LogP contribution in [-0.4, -0.2) is 16.0 Å². The number of hydrogen-bond donors (Lipinski definition) is 2. The van der Waals surface area contributed by atoms with Gasteiger partial charge in [-0.05, 0) is 37.8 Å². The van der Waals surface area contributed by atoms with Gasteiger partial charge < -0.3 is 15.6 Å². The Balaban J connectivity index is 1.95. The summed E-state index contributed by atoms with van der Waals surface area (Å²) in [7, 11) is 2.01. The van der Waals surface area contributed by atoms with Crippen molar-refractivity contribution in [2.75, 3.05) is 0 Å². The van der Waals surface area contributed by atoms with Crippen molar-refractivity contribution in [1.29, 1.82) is 0 Å². The number of rotatable bonds is 3. The third kappa shape index (κ3) is 3.00. The lowest BCUT2D eigenvalue weighted by atomic mass is 9.76. The Labute approximate surface area is 115 Å². The number of nitrogens with two attached hydrogens (primary N) is 1. The molecule has 1 saturated carbocycles. The van der Waals surface area contributed by atoms with Gasteiger partial charge in [-0.2, -0.15) is 0 Å². The summed E-state index contributed by atoms with van der Waals surface area (Å²) in [5.41, 5.74) is 7.91. The number of nitrogens with one attached hydrogen (secondary N) is 1. The summed E-state index contributed by atoms with van der Waals surface area (Å²) in [6.07, 6.45) is 3.83. The van der Waals surface area contributed by atoms with Crippen LogP contribution in [0.4, 0.5) is 0 Å². The zero-order valence-corrected chi connectivity index (χ0v) is 12.2. The fourth-order valence-corrected chi connectivity index (χ4v) is 2.99. The van der Waals surface area contributed by atoms with Gasteiger partial charge in [0.25, 0.3) is 0 Å². The van der Waals surface area contributed by atoms with Crippen LogP contribution < -0.4 is 11.1 Å². The van der Waals surface area contributed by atoms with Crippen LogP contribution >= 0.6 is 0 Å². The zero-order valence-electron chi connectivity index (χ0n) is 12.2. The normalized spacial score (nSPS) is 27.3. The molecule has 2 unspecified atom stereocenters. The molecule has 4 heteroatoms. The maximum Gasteiger partial charge on any atom is 0.240 e. The molecule has 0 spiro atoms. The average Bonchev–Trinajstić information content (AvgIpc) is 2.67. The molecule has 0 aromatic carbocycles. The van der Waals surface area contributed by atoms with Gasteiger partial charge in [0.05, 0.1) is 12.1 Å². The quantitative estimate of drug-likeness (QED) is 0.874. The maximum atomic E-state index is 12.3. The molecule has 1 aromatic heterocycles. The van der Waals surface area contributed by atoms with E-state index in [1.54, 1.807) is 0 Å². The van der Waals surface area contributed by atoms with Crippen LogP contribution in [-0.2, 0) is 18.4 Å². The number of carbonyl (C=O) groups excluding carboxylic acids is 1. The highest BCUT2D eigenvalue weighted by atomic mass is 16.2. The van der Waals surface area contributed by atoms with Gasteiger partial charge in [-0.1, -0.05) is 19.8 Å². The van der Waals surface area contributed by atoms with Crippen molar-refractivity contribution in [2.24, 2.45) is 18.7 Å². The molecular formula is C15H25N3O. The summed E-state index contributed by atoms with van der Waals surface area (Å²) < 4.78 is 2.09. The molecule has 1 heterocycles. The summed E-state index contributed by atoms with van der Waals surface area (Å²) in [5.74, 6) is 0.541. The van der Waals surface area contributed by atoms with Crippen molar-refractivity contribution >= 4 is 5.91 Å². The smallest absolute Gasteiger partial charge is 0.240 e. The van der Waals surface area contributed by atoms with E-state index in [-0.39, 0.29) is 5.91 Å². The summed E-state index contributed by atoms with van der Waals surface area (Å²) in [5, 5.41) is 3.00. The number of aryl methyl sites for hydroxylation is 1. The van der Waals surface area contributed by atoms with Crippen molar-refractivity contribution in [1.82, 2.24) is 9.88 Å². The Kier molecular flexibility index (Phi) is 3.99. The summed E-state index contributed by atoms with van der Waals surface area (Å²) >= 11 is 0. The molecule has 1 aliphatic carbocycles. The maximum absolute atomic E-state index is 12.3. The SMILES string of the molecule is Cc1ccc(CNC(=O)C2(N)CCCC(C)C2)n1C. The average molecular weight is 263 g/mol. The lowest BCUT2D eigenvalue weighted by Gasteiger charge is -2.35. The van der Waals surface area contributed by atoms with Gasteiger partial charge >= 0.3 is 0 Å². The Morgan fingerprint density at radius 2 is 2.32 bits per heavy atom. The van der Waals surface area contributed by atoms with E-state index in [0.717, 1.165) is 25.0 Å². The standard InChI is InChI=1S/C15H25N3O/c1-11-5-4-8-15(16,9-11)14(19)17-10-13-7-6-12(2)18(13)3/h6-7,11H,4-5,8-10,16H2,1-3H3,(H,17,19). The second-order valence-electron chi connectivity index (χ2n) is 6.07. The molecule has 0 saturated heterocycles. The third-order valence-electron chi connectivity index (χ3n) is 4.39. The first kappa shape index (κ1) is 14.1. The summed E-state index contributed by atoms with van der Waals surface area (Å²) in [4.78, 5) is 12.3. The van der Waals surface area contributed by atoms with E-state index in [2.05, 4.69) is 29.8 Å². The zero-order chi connectivity index (χ0) is 14.0. The van der Waals surface area contributed by atoms with Gasteiger partial charge in [0.1, 0.15) is 0 Å². The molecule has 3 N–H and O–H groups in total. The topological polar surface area (TPSA) is 60.1 Å². The van der Waals surface area contributed by atoms with Gasteiger partial charge in [-0.15, -0.1) is 0 Å². The number of nitrogens with zero attached hydrogens (tertiary/aromatic N) is 1. The van der Waals surface area contributed by atoms with Crippen molar-refractivity contribution in [3.05, 3.63) is 23.5 Å². The van der Waals surface area contributed by atoms with Crippen LogP contribution in [0.25, 0.3) is 0 Å². The molecule has 0 radical (unpaired) electrons. The molecule has 19 heavy (non-hydrogen) atoms. The first-order valence-electron chi connectivity index (χ1n) is 7.11. The lowest BCUT2D eigenvalue weighted by molar-refractivity contribution is -0.128. The van der Waals surface area contributed by atoms with Crippen LogP contribution in [0.15, 0.2) is 12.1 Å². The minimum absolute atomic E-state index is 0.00194. The van der Waals surface area contributed by atoms with Crippen LogP contribution in [0.2, 0.25) is 0 Å². The highest BCUT2D eigenvalue weighted by molar-refractivity contribution is 5.86. The second kappa shape index (κ2) is 5.37. The molecule has 0 aliphatic heterocycles. The first-order valence-corrected chi connectivity index (χ1v) is 7.11. The summed E-state index contributed by atoms with van der Waals surface area (Å²) in [6.45, 7) is 4.78. The molecule has 2 atom stereocenters. The van der Waals surface area contributed by atoms with Crippen molar-refractivity contribution in [2.45, 2.75) is 51.6 Å². The van der Waals surface area contributed by atoms with Crippen molar-refractivity contribution < 1.29 is 4.79 Å². The second-order valence-corrected chi connectivity index (χ2v) is 6.07. The Bertz CT molecular complexity index is 466. The van der Waals surface area contributed by atoms with Gasteiger partial charge in [0.2, 0.25) is 5.91 Å². The Morgan fingerprint density at radius 1 is 1.58 bits per heavy atom. The fourth-order valence-electron chi connectivity index (χ4n) is 2.99. The molecule has 1 amide bonds. The highest BCUT2D eigenvalue weighted by Crippen LogP contribution is 2.30. The molecular weight excluding hydrogens is 238 g/mol. The molecule has 4 nitrogen and oxygen atoms in total. The van der Waals surface area contributed by atoms with Crippen LogP contribution in [0.3, 0.4) is 0 Å². The monoisotopic (exact) mass is 263 g/mol. The number of carbonyl (C=O) groups is 1. The molecule has 2 rings (SSSR count). The lowest BCUT2D eigenvalue weighted by Crippen LogP contribution is -2.56. The number of hydrogen-bond acceptors (Lipinski definition) is 2. The van der Waals surface area contributed by atoms with E-state index in [4.69, 9.17) is 5.73 Å². The van der Waals surface area contributed by atoms with Crippen LogP contribution in [0.5, 0.6) is 0 Å². The largest absolute Gasteiger partial charge is 0.350 e. The predicted octanol–water partition coefficient (Wildman–Crippen LogP) is 1.86. The van der Waals surface area contributed by atoms with Gasteiger partial charge in [0.15, 0.2) is 0 Å².